The molecule has 3 rings (SSSR count). The third-order valence-corrected chi connectivity index (χ3v) is 3.70. The molecule has 3 saturated carbocycles. The van der Waals surface area contributed by atoms with E-state index >= 15 is 0 Å². The van der Waals surface area contributed by atoms with E-state index in [9.17, 15) is 4.79 Å². The number of carbonyl (C=O) groups excluding carboxylic acids is 1. The first-order valence-electron chi connectivity index (χ1n) is 5.87. The van der Waals surface area contributed by atoms with Crippen molar-refractivity contribution in [2.75, 3.05) is 0 Å². The van der Waals surface area contributed by atoms with Gasteiger partial charge < -0.3 is 4.74 Å². The summed E-state index contributed by atoms with van der Waals surface area (Å²) in [4.78, 5) is 11.8. The van der Waals surface area contributed by atoms with Gasteiger partial charge in [0.2, 0.25) is 0 Å². The summed E-state index contributed by atoms with van der Waals surface area (Å²) in [6, 6.07) is 0. The maximum Gasteiger partial charge on any atom is 0.309 e. The molecule has 0 saturated heterocycles. The lowest BCUT2D eigenvalue weighted by atomic mass is 9.65. The van der Waals surface area contributed by atoms with Gasteiger partial charge in [-0.15, -0.1) is 0 Å². The van der Waals surface area contributed by atoms with Crippen LogP contribution in [0.15, 0.2) is 0 Å². The summed E-state index contributed by atoms with van der Waals surface area (Å²) in [7, 11) is 0. The molecule has 2 bridgehead atoms. The number of ether oxygens (including phenoxy) is 1. The smallest absolute Gasteiger partial charge is 0.309 e. The molecule has 2 nitrogen and oxygen atoms in total. The Morgan fingerprint density at radius 3 is 2.29 bits per heavy atom. The molecule has 0 amide bonds. The Balaban J connectivity index is 1.94. The Bertz CT molecular complexity index is 214. The van der Waals surface area contributed by atoms with Gasteiger partial charge in [-0.3, -0.25) is 4.79 Å². The Labute approximate surface area is 86.0 Å². The van der Waals surface area contributed by atoms with Gasteiger partial charge in [0.15, 0.2) is 0 Å². The van der Waals surface area contributed by atoms with Crippen LogP contribution in [-0.2, 0) is 9.53 Å². The normalized spacial score (nSPS) is 36.1. The molecule has 1 atom stereocenters. The van der Waals surface area contributed by atoms with Crippen LogP contribution in [0.4, 0.5) is 0 Å². The van der Waals surface area contributed by atoms with Crippen LogP contribution in [0.5, 0.6) is 0 Å². The van der Waals surface area contributed by atoms with Gasteiger partial charge in [-0.05, 0) is 44.9 Å². The van der Waals surface area contributed by atoms with Crippen LogP contribution in [0.3, 0.4) is 0 Å². The minimum Gasteiger partial charge on any atom is -0.463 e. The quantitative estimate of drug-likeness (QED) is 0.635. The van der Waals surface area contributed by atoms with Gasteiger partial charge >= 0.3 is 5.97 Å². The summed E-state index contributed by atoms with van der Waals surface area (Å²) in [5, 5.41) is 0. The van der Waals surface area contributed by atoms with Crippen molar-refractivity contribution < 1.29 is 9.53 Å². The largest absolute Gasteiger partial charge is 0.463 e. The fourth-order valence-electron chi connectivity index (χ4n) is 2.99. The summed E-state index contributed by atoms with van der Waals surface area (Å²) in [5.74, 6) is 1.73. The van der Waals surface area contributed by atoms with Gasteiger partial charge in [0.25, 0.3) is 0 Å². The highest BCUT2D eigenvalue weighted by atomic mass is 16.5. The molecule has 0 spiro atoms. The Morgan fingerprint density at radius 1 is 1.21 bits per heavy atom. The predicted molar refractivity (Wildman–Crippen MR) is 54.8 cm³/mol. The van der Waals surface area contributed by atoms with Gasteiger partial charge in [-0.1, -0.05) is 12.8 Å². The van der Waals surface area contributed by atoms with Crippen molar-refractivity contribution in [3.8, 4) is 0 Å². The van der Waals surface area contributed by atoms with Crippen LogP contribution in [-0.4, -0.2) is 12.1 Å². The van der Waals surface area contributed by atoms with Gasteiger partial charge in [0, 0.05) is 0 Å². The van der Waals surface area contributed by atoms with Crippen LogP contribution in [0.25, 0.3) is 0 Å². The molecule has 3 fully saturated rings. The Kier molecular flexibility index (Phi) is 2.80. The fraction of sp³-hybridized carbons (Fsp3) is 0.917. The summed E-state index contributed by atoms with van der Waals surface area (Å²) >= 11 is 0. The molecule has 0 aromatic heterocycles. The minimum atomic E-state index is 0.0444. The SMILES string of the molecule is CC(C)OC(=O)C1CC2CCC1CC2. The molecule has 3 aliphatic carbocycles. The topological polar surface area (TPSA) is 26.3 Å². The molecule has 3 aliphatic rings. The number of carbonyl (C=O) groups is 1. The van der Waals surface area contributed by atoms with Gasteiger partial charge in [-0.2, -0.15) is 0 Å². The van der Waals surface area contributed by atoms with Crippen LogP contribution in [0.2, 0.25) is 0 Å². The fourth-order valence-corrected chi connectivity index (χ4v) is 2.99. The Morgan fingerprint density at radius 2 is 1.86 bits per heavy atom. The predicted octanol–water partition coefficient (Wildman–Crippen LogP) is 2.76. The summed E-state index contributed by atoms with van der Waals surface area (Å²) < 4.78 is 5.30. The van der Waals surface area contributed by atoms with E-state index in [2.05, 4.69) is 0 Å². The zero-order valence-corrected chi connectivity index (χ0v) is 9.16. The third kappa shape index (κ3) is 1.94. The first kappa shape index (κ1) is 10.0. The second-order valence-electron chi connectivity index (χ2n) is 5.11. The van der Waals surface area contributed by atoms with E-state index in [0.29, 0.717) is 5.92 Å². The van der Waals surface area contributed by atoms with Gasteiger partial charge in [0.1, 0.15) is 0 Å². The number of rotatable bonds is 2. The van der Waals surface area contributed by atoms with Crippen molar-refractivity contribution in [3.05, 3.63) is 0 Å². The molecule has 0 N–H and O–H groups in total. The average molecular weight is 196 g/mol. The molecule has 80 valence electrons. The number of fused-ring (bicyclic) bond motifs is 3. The standard InChI is InChI=1S/C12H20O2/c1-8(2)14-12(13)11-7-9-3-5-10(11)6-4-9/h8-11H,3-7H2,1-2H3. The molecular weight excluding hydrogens is 176 g/mol. The zero-order chi connectivity index (χ0) is 10.1. The van der Waals surface area contributed by atoms with Crippen molar-refractivity contribution >= 4 is 5.97 Å². The van der Waals surface area contributed by atoms with Crippen LogP contribution in [0, 0.1) is 17.8 Å². The van der Waals surface area contributed by atoms with E-state index in [1.165, 1.54) is 25.7 Å². The molecule has 0 aromatic carbocycles. The van der Waals surface area contributed by atoms with Crippen LogP contribution < -0.4 is 0 Å². The second kappa shape index (κ2) is 3.92. The molecule has 0 aromatic rings. The van der Waals surface area contributed by atoms with Crippen molar-refractivity contribution in [1.82, 2.24) is 0 Å². The number of hydrogen-bond acceptors (Lipinski definition) is 2. The molecule has 0 aliphatic heterocycles. The van der Waals surface area contributed by atoms with E-state index in [4.69, 9.17) is 4.74 Å². The lowest BCUT2D eigenvalue weighted by molar-refractivity contribution is -0.158. The molecular formula is C12H20O2. The molecule has 2 heteroatoms. The zero-order valence-electron chi connectivity index (χ0n) is 9.16. The van der Waals surface area contributed by atoms with Crippen LogP contribution >= 0.6 is 0 Å². The van der Waals surface area contributed by atoms with E-state index in [1.54, 1.807) is 0 Å². The van der Waals surface area contributed by atoms with Crippen molar-refractivity contribution in [2.45, 2.75) is 52.1 Å². The summed E-state index contributed by atoms with van der Waals surface area (Å²) in [6.07, 6.45) is 6.33. The maximum absolute atomic E-state index is 11.8. The van der Waals surface area contributed by atoms with Crippen LogP contribution in [0.1, 0.15) is 46.0 Å². The first-order chi connectivity index (χ1) is 6.66. The number of hydrogen-bond donors (Lipinski definition) is 0. The van der Waals surface area contributed by atoms with Crippen molar-refractivity contribution in [2.24, 2.45) is 17.8 Å². The highest BCUT2D eigenvalue weighted by molar-refractivity contribution is 5.73. The van der Waals surface area contributed by atoms with Gasteiger partial charge in [-0.25, -0.2) is 0 Å². The lowest BCUT2D eigenvalue weighted by Gasteiger charge is -2.41. The van der Waals surface area contributed by atoms with E-state index < -0.39 is 0 Å². The highest BCUT2D eigenvalue weighted by Crippen LogP contribution is 2.45. The number of esters is 1. The van der Waals surface area contributed by atoms with E-state index in [1.807, 2.05) is 13.8 Å². The molecule has 0 heterocycles. The summed E-state index contributed by atoms with van der Waals surface area (Å²) in [5.41, 5.74) is 0. The van der Waals surface area contributed by atoms with Crippen molar-refractivity contribution in [1.29, 1.82) is 0 Å². The van der Waals surface area contributed by atoms with E-state index in [0.717, 1.165) is 12.3 Å². The lowest BCUT2D eigenvalue weighted by Crippen LogP contribution is -2.37. The Hall–Kier alpha value is -0.530. The molecule has 14 heavy (non-hydrogen) atoms. The first-order valence-corrected chi connectivity index (χ1v) is 5.87. The molecule has 0 radical (unpaired) electrons. The summed E-state index contributed by atoms with van der Waals surface area (Å²) in [6.45, 7) is 3.86. The van der Waals surface area contributed by atoms with Crippen molar-refractivity contribution in [3.63, 3.8) is 0 Å². The van der Waals surface area contributed by atoms with E-state index in [-0.39, 0.29) is 18.0 Å². The second-order valence-corrected chi connectivity index (χ2v) is 5.11. The maximum atomic E-state index is 11.8. The monoisotopic (exact) mass is 196 g/mol. The van der Waals surface area contributed by atoms with Gasteiger partial charge in [0.05, 0.1) is 12.0 Å². The molecule has 1 unspecified atom stereocenters. The average Bonchev–Trinajstić information content (AvgIpc) is 2.18. The minimum absolute atomic E-state index is 0.0444. The third-order valence-electron chi connectivity index (χ3n) is 3.70. The highest BCUT2D eigenvalue weighted by Gasteiger charge is 2.40.